The normalized spacial score (nSPS) is 13.8. The molecule has 0 fully saturated rings. The Hall–Kier alpha value is -2.74. The molecule has 24 heavy (non-hydrogen) atoms. The molecule has 0 spiro atoms. The van der Waals surface area contributed by atoms with E-state index in [0.717, 1.165) is 12.8 Å². The van der Waals surface area contributed by atoms with Crippen LogP contribution in [0.4, 0.5) is 0 Å². The lowest BCUT2D eigenvalue weighted by Crippen LogP contribution is -2.10. The lowest BCUT2D eigenvalue weighted by molar-refractivity contribution is 0.908. The maximum atomic E-state index is 3.67. The van der Waals surface area contributed by atoms with E-state index in [9.17, 15) is 0 Å². The number of rotatable bonds is 0. The number of aromatic nitrogens is 2. The lowest BCUT2D eigenvalue weighted by Gasteiger charge is -2.25. The molecule has 0 aliphatic heterocycles. The van der Waals surface area contributed by atoms with Gasteiger partial charge >= 0.3 is 0 Å². The second-order valence-electron chi connectivity index (χ2n) is 6.17. The van der Waals surface area contributed by atoms with E-state index in [4.69, 9.17) is 0 Å². The van der Waals surface area contributed by atoms with E-state index in [0.29, 0.717) is 0 Å². The molecular weight excluding hydrogens is 292 g/mol. The molecule has 118 valence electrons. The summed E-state index contributed by atoms with van der Waals surface area (Å²) < 4.78 is 0. The Balaban J connectivity index is 0.000000207. The third kappa shape index (κ3) is 2.88. The average Bonchev–Trinajstić information content (AvgIpc) is 2.69. The van der Waals surface area contributed by atoms with Crippen LogP contribution in [0, 0.1) is 0 Å². The molecule has 0 atom stereocenters. The third-order valence-electron chi connectivity index (χ3n) is 4.78. The molecule has 0 saturated carbocycles. The van der Waals surface area contributed by atoms with Crippen molar-refractivity contribution in [2.24, 2.45) is 0 Å². The Morgan fingerprint density at radius 1 is 0.625 bits per heavy atom. The number of nitrogens with zero attached hydrogens (tertiary/aromatic N) is 2. The first kappa shape index (κ1) is 14.8. The van der Waals surface area contributed by atoms with Crippen LogP contribution >= 0.6 is 0 Å². The van der Waals surface area contributed by atoms with Crippen molar-refractivity contribution in [3.63, 3.8) is 0 Å². The number of benzene rings is 2. The summed E-state index contributed by atoms with van der Waals surface area (Å²) in [5, 5.41) is 0. The lowest BCUT2D eigenvalue weighted by atomic mass is 9.79. The first-order chi connectivity index (χ1) is 11.9. The zero-order chi connectivity index (χ0) is 16.2. The molecule has 1 heterocycles. The second kappa shape index (κ2) is 6.79. The van der Waals surface area contributed by atoms with E-state index >= 15 is 0 Å². The summed E-state index contributed by atoms with van der Waals surface area (Å²) in [6, 6.07) is 15.3. The van der Waals surface area contributed by atoms with Gasteiger partial charge in [0.1, 0.15) is 6.33 Å². The zero-order valence-corrected chi connectivity index (χ0v) is 13.7. The summed E-state index contributed by atoms with van der Waals surface area (Å²) in [6.07, 6.45) is 14.1. The first-order valence-electron chi connectivity index (χ1n) is 8.50. The van der Waals surface area contributed by atoms with Crippen molar-refractivity contribution in [2.75, 3.05) is 0 Å². The van der Waals surface area contributed by atoms with Gasteiger partial charge in [0.2, 0.25) is 0 Å². The van der Waals surface area contributed by atoms with Crippen LogP contribution in [0.15, 0.2) is 73.3 Å². The van der Waals surface area contributed by atoms with Gasteiger partial charge in [0, 0.05) is 12.4 Å². The second-order valence-corrected chi connectivity index (χ2v) is 6.17. The Morgan fingerprint density at radius 2 is 1.46 bits per heavy atom. The van der Waals surface area contributed by atoms with Gasteiger partial charge in [0.05, 0.1) is 0 Å². The molecule has 2 heteroatoms. The van der Waals surface area contributed by atoms with Crippen LogP contribution in [0.5, 0.6) is 0 Å². The fourth-order valence-electron chi connectivity index (χ4n) is 3.65. The minimum atomic E-state index is 1.12. The van der Waals surface area contributed by atoms with Gasteiger partial charge in [0.15, 0.2) is 0 Å². The smallest absolute Gasteiger partial charge is 0.115 e. The van der Waals surface area contributed by atoms with Gasteiger partial charge < -0.3 is 0 Å². The van der Waals surface area contributed by atoms with Gasteiger partial charge in [0.25, 0.3) is 0 Å². The van der Waals surface area contributed by atoms with Crippen LogP contribution in [0.25, 0.3) is 11.1 Å². The van der Waals surface area contributed by atoms with Crippen LogP contribution in [0.1, 0.15) is 22.3 Å². The maximum Gasteiger partial charge on any atom is 0.115 e. The Kier molecular flexibility index (Phi) is 4.20. The highest BCUT2D eigenvalue weighted by Crippen LogP contribution is 2.37. The van der Waals surface area contributed by atoms with Crippen molar-refractivity contribution in [2.45, 2.75) is 25.7 Å². The van der Waals surface area contributed by atoms with Gasteiger partial charge in [-0.05, 0) is 65.1 Å². The predicted octanol–water partition coefficient (Wildman–Crippen LogP) is 4.58. The topological polar surface area (TPSA) is 25.8 Å². The summed E-state index contributed by atoms with van der Waals surface area (Å²) in [5.74, 6) is 0. The van der Waals surface area contributed by atoms with Crippen molar-refractivity contribution >= 4 is 0 Å². The number of hydrogen-bond donors (Lipinski definition) is 0. The summed E-state index contributed by atoms with van der Waals surface area (Å²) in [5.41, 5.74) is 9.19. The highest BCUT2D eigenvalue weighted by molar-refractivity contribution is 5.75. The number of allylic oxidation sites excluding steroid dienone is 2. The average molecular weight is 312 g/mol. The van der Waals surface area contributed by atoms with E-state index in [1.807, 2.05) is 0 Å². The van der Waals surface area contributed by atoms with Crippen LogP contribution in [0.3, 0.4) is 0 Å². The van der Waals surface area contributed by atoms with Crippen LogP contribution in [-0.4, -0.2) is 9.97 Å². The molecule has 0 N–H and O–H groups in total. The largest absolute Gasteiger partial charge is 0.245 e. The van der Waals surface area contributed by atoms with Crippen LogP contribution in [0.2, 0.25) is 0 Å². The van der Waals surface area contributed by atoms with E-state index in [2.05, 4.69) is 58.5 Å². The van der Waals surface area contributed by atoms with Gasteiger partial charge in [-0.25, -0.2) is 9.97 Å². The fourth-order valence-corrected chi connectivity index (χ4v) is 3.65. The maximum absolute atomic E-state index is 3.67. The van der Waals surface area contributed by atoms with Gasteiger partial charge in [-0.1, -0.05) is 48.6 Å². The quantitative estimate of drug-likeness (QED) is 0.568. The molecule has 2 nitrogen and oxygen atoms in total. The molecule has 3 aromatic rings. The highest BCUT2D eigenvalue weighted by Gasteiger charge is 2.20. The molecule has 2 aromatic carbocycles. The molecular formula is C22H20N2. The number of aryl methyl sites for hydroxylation is 1. The molecule has 2 aliphatic carbocycles. The van der Waals surface area contributed by atoms with Crippen LogP contribution in [-0.2, 0) is 25.7 Å². The van der Waals surface area contributed by atoms with E-state index in [1.165, 1.54) is 41.4 Å². The molecule has 0 amide bonds. The Morgan fingerprint density at radius 3 is 2.25 bits per heavy atom. The third-order valence-corrected chi connectivity index (χ3v) is 4.78. The summed E-state index contributed by atoms with van der Waals surface area (Å²) in [6.45, 7) is 0. The highest BCUT2D eigenvalue weighted by atomic mass is 14.8. The van der Waals surface area contributed by atoms with E-state index < -0.39 is 0 Å². The number of fused-ring (bicyclic) bond motifs is 5. The van der Waals surface area contributed by atoms with Gasteiger partial charge in [-0.15, -0.1) is 0 Å². The summed E-state index contributed by atoms with van der Waals surface area (Å²) in [7, 11) is 0. The standard InChI is InChI=1S/C18H16.C4H4N2/c1-3-7-15-13(5-1)9-11-18-16-8-4-2-6-14(16)10-12-17(15)18;1-2-5-4-6-3-1/h1-5,7,10,12H,6,8-9,11H2;1-4H. The van der Waals surface area contributed by atoms with Crippen LogP contribution < -0.4 is 0 Å². The minimum absolute atomic E-state index is 1.12. The molecule has 0 unspecified atom stereocenters. The monoisotopic (exact) mass is 312 g/mol. The Labute approximate surface area is 142 Å². The molecule has 1 aromatic heterocycles. The zero-order valence-electron chi connectivity index (χ0n) is 13.7. The summed E-state index contributed by atoms with van der Waals surface area (Å²) in [4.78, 5) is 7.35. The minimum Gasteiger partial charge on any atom is -0.245 e. The SMILES string of the molecule is C1=CCc2c(ccc3c2CCc2ccccc2-3)C1.c1cncnc1. The molecule has 0 saturated heterocycles. The fraction of sp³-hybridized carbons (Fsp3) is 0.182. The predicted molar refractivity (Wildman–Crippen MR) is 97.9 cm³/mol. The number of hydrogen-bond acceptors (Lipinski definition) is 2. The van der Waals surface area contributed by atoms with Crippen molar-refractivity contribution in [1.29, 1.82) is 0 Å². The molecule has 5 rings (SSSR count). The molecule has 2 aliphatic rings. The van der Waals surface area contributed by atoms with Gasteiger partial charge in [-0.3, -0.25) is 0 Å². The van der Waals surface area contributed by atoms with Crippen molar-refractivity contribution in [1.82, 2.24) is 9.97 Å². The van der Waals surface area contributed by atoms with Crippen molar-refractivity contribution < 1.29 is 0 Å². The van der Waals surface area contributed by atoms with E-state index in [-0.39, 0.29) is 0 Å². The molecule has 0 bridgehead atoms. The summed E-state index contributed by atoms with van der Waals surface area (Å²) >= 11 is 0. The van der Waals surface area contributed by atoms with Crippen molar-refractivity contribution in [3.05, 3.63) is 95.6 Å². The Bertz CT molecular complexity index is 840. The molecule has 0 radical (unpaired) electrons. The van der Waals surface area contributed by atoms with E-state index in [1.54, 1.807) is 29.6 Å². The van der Waals surface area contributed by atoms with Gasteiger partial charge in [-0.2, -0.15) is 0 Å². The van der Waals surface area contributed by atoms with Crippen molar-refractivity contribution in [3.8, 4) is 11.1 Å². The first-order valence-corrected chi connectivity index (χ1v) is 8.50.